The molecule has 1 aliphatic rings. The largest absolute Gasteiger partial charge is 0.497 e. The molecule has 2 N–H and O–H groups in total. The van der Waals surface area contributed by atoms with Gasteiger partial charge in [0, 0.05) is 13.1 Å². The van der Waals surface area contributed by atoms with E-state index in [0.717, 1.165) is 42.0 Å². The van der Waals surface area contributed by atoms with E-state index in [-0.39, 0.29) is 36.6 Å². The minimum absolute atomic E-state index is 0.117. The number of esters is 1. The summed E-state index contributed by atoms with van der Waals surface area (Å²) in [7, 11) is 3.16. The van der Waals surface area contributed by atoms with Gasteiger partial charge in [-0.1, -0.05) is 12.1 Å². The smallest absolute Gasteiger partial charge is 0.341 e. The highest BCUT2D eigenvalue weighted by Crippen LogP contribution is 2.35. The Hall–Kier alpha value is -2.91. The molecule has 0 aliphatic carbocycles. The van der Waals surface area contributed by atoms with Gasteiger partial charge in [-0.15, -0.1) is 11.3 Å². The summed E-state index contributed by atoms with van der Waals surface area (Å²) >= 11 is 1.08. The van der Waals surface area contributed by atoms with E-state index in [9.17, 15) is 14.4 Å². The fourth-order valence-corrected chi connectivity index (χ4v) is 5.13. The standard InChI is InChI=1S/C23H29N3O5S/c1-5-31-23(29)19-14(2)20(21(28)24-3)32-22(19)25-18(27)13-26-11-7-10-17(26)15-8-6-9-16(12-15)30-4/h6,8-9,12,17H,5,7,10-11,13H2,1-4H3,(H,24,28)(H,25,27). The van der Waals surface area contributed by atoms with Crippen molar-refractivity contribution in [3.8, 4) is 5.75 Å². The minimum Gasteiger partial charge on any atom is -0.497 e. The fourth-order valence-electron chi connectivity index (χ4n) is 3.97. The van der Waals surface area contributed by atoms with Gasteiger partial charge in [0.2, 0.25) is 5.91 Å². The van der Waals surface area contributed by atoms with Gasteiger partial charge in [-0.05, 0) is 56.5 Å². The average molecular weight is 460 g/mol. The lowest BCUT2D eigenvalue weighted by atomic mass is 10.0. The highest BCUT2D eigenvalue weighted by Gasteiger charge is 2.30. The predicted molar refractivity (Wildman–Crippen MR) is 124 cm³/mol. The zero-order chi connectivity index (χ0) is 23.3. The molecule has 2 amide bonds. The van der Waals surface area contributed by atoms with E-state index >= 15 is 0 Å². The molecule has 9 heteroatoms. The van der Waals surface area contributed by atoms with Crippen LogP contribution >= 0.6 is 11.3 Å². The van der Waals surface area contributed by atoms with Crippen LogP contribution in [0.25, 0.3) is 0 Å². The second kappa shape index (κ2) is 10.6. The summed E-state index contributed by atoms with van der Waals surface area (Å²) in [6, 6.07) is 8.01. The molecule has 1 atom stereocenters. The van der Waals surface area contributed by atoms with Crippen LogP contribution in [0.4, 0.5) is 5.00 Å². The Morgan fingerprint density at radius 3 is 2.75 bits per heavy atom. The molecule has 32 heavy (non-hydrogen) atoms. The normalized spacial score (nSPS) is 15.9. The highest BCUT2D eigenvalue weighted by molar-refractivity contribution is 7.18. The number of anilines is 1. The number of hydrogen-bond acceptors (Lipinski definition) is 7. The second-order valence-electron chi connectivity index (χ2n) is 7.51. The van der Waals surface area contributed by atoms with E-state index in [0.29, 0.717) is 15.4 Å². The number of carbonyl (C=O) groups is 3. The number of amides is 2. The fraction of sp³-hybridized carbons (Fsp3) is 0.435. The third-order valence-electron chi connectivity index (χ3n) is 5.50. The topological polar surface area (TPSA) is 97.0 Å². The molecule has 2 aromatic rings. The number of nitrogens with zero attached hydrogens (tertiary/aromatic N) is 1. The molecule has 1 aromatic carbocycles. The first-order valence-corrected chi connectivity index (χ1v) is 11.4. The highest BCUT2D eigenvalue weighted by atomic mass is 32.1. The van der Waals surface area contributed by atoms with Crippen molar-refractivity contribution in [3.05, 3.63) is 45.8 Å². The van der Waals surface area contributed by atoms with Crippen molar-refractivity contribution < 1.29 is 23.9 Å². The van der Waals surface area contributed by atoms with Crippen LogP contribution in [0.3, 0.4) is 0 Å². The molecule has 2 heterocycles. The van der Waals surface area contributed by atoms with Crippen LogP contribution in [-0.4, -0.2) is 56.5 Å². The number of likely N-dealkylation sites (tertiary alicyclic amines) is 1. The molecule has 1 aromatic heterocycles. The van der Waals surface area contributed by atoms with Crippen LogP contribution in [0.1, 0.15) is 57.0 Å². The Balaban J connectivity index is 1.79. The van der Waals surface area contributed by atoms with Crippen molar-refractivity contribution >= 4 is 34.1 Å². The maximum Gasteiger partial charge on any atom is 0.341 e. The first-order chi connectivity index (χ1) is 15.4. The van der Waals surface area contributed by atoms with Crippen molar-refractivity contribution in [2.45, 2.75) is 32.7 Å². The molecule has 1 fully saturated rings. The van der Waals surface area contributed by atoms with Crippen LogP contribution in [0, 0.1) is 6.92 Å². The van der Waals surface area contributed by atoms with Crippen LogP contribution in [-0.2, 0) is 9.53 Å². The summed E-state index contributed by atoms with van der Waals surface area (Å²) in [4.78, 5) is 40.2. The monoisotopic (exact) mass is 459 g/mol. The summed E-state index contributed by atoms with van der Waals surface area (Å²) in [5, 5.41) is 5.75. The van der Waals surface area contributed by atoms with Crippen molar-refractivity contribution in [3.63, 3.8) is 0 Å². The molecular formula is C23H29N3O5S. The third-order valence-corrected chi connectivity index (χ3v) is 6.71. The van der Waals surface area contributed by atoms with E-state index in [1.54, 1.807) is 21.0 Å². The molecule has 8 nitrogen and oxygen atoms in total. The third kappa shape index (κ3) is 5.11. The number of benzene rings is 1. The minimum atomic E-state index is -0.554. The Morgan fingerprint density at radius 1 is 1.28 bits per heavy atom. The van der Waals surface area contributed by atoms with Gasteiger partial charge in [0.15, 0.2) is 0 Å². The van der Waals surface area contributed by atoms with E-state index < -0.39 is 5.97 Å². The first-order valence-electron chi connectivity index (χ1n) is 10.6. The average Bonchev–Trinajstić information content (AvgIpc) is 3.37. The number of carbonyl (C=O) groups excluding carboxylic acids is 3. The number of methoxy groups -OCH3 is 1. The molecular weight excluding hydrogens is 430 g/mol. The van der Waals surface area contributed by atoms with E-state index in [4.69, 9.17) is 9.47 Å². The van der Waals surface area contributed by atoms with Gasteiger partial charge >= 0.3 is 5.97 Å². The van der Waals surface area contributed by atoms with Crippen molar-refractivity contribution in [2.24, 2.45) is 0 Å². The van der Waals surface area contributed by atoms with Gasteiger partial charge in [0.25, 0.3) is 5.91 Å². The summed E-state index contributed by atoms with van der Waals surface area (Å²) in [6.45, 7) is 4.57. The second-order valence-corrected chi connectivity index (χ2v) is 8.53. The number of thiophene rings is 1. The van der Waals surface area contributed by atoms with E-state index in [2.05, 4.69) is 15.5 Å². The van der Waals surface area contributed by atoms with Gasteiger partial charge in [-0.25, -0.2) is 4.79 Å². The Bertz CT molecular complexity index is 1000. The predicted octanol–water partition coefficient (Wildman–Crippen LogP) is 3.38. The molecule has 172 valence electrons. The molecule has 0 bridgehead atoms. The van der Waals surface area contributed by atoms with Crippen LogP contribution in [0.2, 0.25) is 0 Å². The maximum absolute atomic E-state index is 12.9. The molecule has 1 saturated heterocycles. The maximum atomic E-state index is 12.9. The molecule has 1 aliphatic heterocycles. The molecule has 0 spiro atoms. The van der Waals surface area contributed by atoms with Crippen molar-refractivity contribution in [2.75, 3.05) is 39.2 Å². The number of hydrogen-bond donors (Lipinski definition) is 2. The summed E-state index contributed by atoms with van der Waals surface area (Å²) in [5.41, 5.74) is 1.84. The van der Waals surface area contributed by atoms with Gasteiger partial charge in [0.05, 0.1) is 30.7 Å². The Kier molecular flexibility index (Phi) is 7.87. The van der Waals surface area contributed by atoms with Crippen molar-refractivity contribution in [1.29, 1.82) is 0 Å². The lowest BCUT2D eigenvalue weighted by molar-refractivity contribution is -0.117. The van der Waals surface area contributed by atoms with Crippen molar-refractivity contribution in [1.82, 2.24) is 10.2 Å². The zero-order valence-electron chi connectivity index (χ0n) is 18.8. The van der Waals surface area contributed by atoms with Crippen LogP contribution < -0.4 is 15.4 Å². The quantitative estimate of drug-likeness (QED) is 0.588. The molecule has 0 saturated carbocycles. The van der Waals surface area contributed by atoms with Gasteiger partial charge < -0.3 is 20.1 Å². The Labute approximate surface area is 191 Å². The summed E-state index contributed by atoms with van der Waals surface area (Å²) < 4.78 is 10.5. The lowest BCUT2D eigenvalue weighted by Gasteiger charge is -2.24. The summed E-state index contributed by atoms with van der Waals surface area (Å²) in [6.07, 6.45) is 1.94. The van der Waals surface area contributed by atoms with Gasteiger partial charge in [-0.2, -0.15) is 0 Å². The molecule has 3 rings (SSSR count). The van der Waals surface area contributed by atoms with Crippen LogP contribution in [0.15, 0.2) is 24.3 Å². The van der Waals surface area contributed by atoms with Crippen LogP contribution in [0.5, 0.6) is 5.75 Å². The Morgan fingerprint density at radius 2 is 2.06 bits per heavy atom. The number of ether oxygens (including phenoxy) is 2. The van der Waals surface area contributed by atoms with E-state index in [1.165, 1.54) is 7.05 Å². The lowest BCUT2D eigenvalue weighted by Crippen LogP contribution is -2.33. The van der Waals surface area contributed by atoms with Gasteiger partial charge in [0.1, 0.15) is 10.8 Å². The number of nitrogens with one attached hydrogen (secondary N) is 2. The first kappa shape index (κ1) is 23.7. The van der Waals surface area contributed by atoms with Gasteiger partial charge in [-0.3, -0.25) is 14.5 Å². The number of rotatable bonds is 8. The molecule has 1 unspecified atom stereocenters. The molecule has 0 radical (unpaired) electrons. The zero-order valence-corrected chi connectivity index (χ0v) is 19.6. The SMILES string of the molecule is CCOC(=O)c1c(NC(=O)CN2CCCC2c2cccc(OC)c2)sc(C(=O)NC)c1C. The summed E-state index contributed by atoms with van der Waals surface area (Å²) in [5.74, 6) is -0.318. The van der Waals surface area contributed by atoms with E-state index in [1.807, 2.05) is 24.3 Å².